The molecule has 0 saturated carbocycles. The number of amides is 1. The number of halogens is 2. The summed E-state index contributed by atoms with van der Waals surface area (Å²) < 4.78 is 0. The molecule has 1 aromatic carbocycles. The first-order valence-corrected chi connectivity index (χ1v) is 7.23. The van der Waals surface area contributed by atoms with E-state index in [4.69, 9.17) is 23.2 Å². The van der Waals surface area contributed by atoms with Gasteiger partial charge < -0.3 is 5.32 Å². The van der Waals surface area contributed by atoms with E-state index in [0.29, 0.717) is 22.4 Å². The number of benzene rings is 1. The molecule has 1 N–H and O–H groups in total. The molecule has 4 heteroatoms. The molecular weight excluding hydrogens is 281 g/mol. The third-order valence-electron chi connectivity index (χ3n) is 3.37. The Morgan fingerprint density at radius 1 is 1.47 bits per heavy atom. The highest BCUT2D eigenvalue weighted by Crippen LogP contribution is 2.26. The van der Waals surface area contributed by atoms with Gasteiger partial charge in [-0.2, -0.15) is 0 Å². The van der Waals surface area contributed by atoms with Gasteiger partial charge in [-0.05, 0) is 43.4 Å². The summed E-state index contributed by atoms with van der Waals surface area (Å²) >= 11 is 12.0. The molecule has 0 heterocycles. The van der Waals surface area contributed by atoms with E-state index in [1.807, 2.05) is 13.0 Å². The van der Waals surface area contributed by atoms with E-state index in [-0.39, 0.29) is 11.9 Å². The molecule has 0 radical (unpaired) electrons. The number of hydrogen-bond acceptors (Lipinski definition) is 1. The van der Waals surface area contributed by atoms with E-state index in [0.717, 1.165) is 18.4 Å². The van der Waals surface area contributed by atoms with Crippen molar-refractivity contribution in [2.75, 3.05) is 0 Å². The SMILES string of the molecule is C[C@H](NC(=O)C[C@@H]1C=CCC1)c1ccc(Cl)cc1Cl. The van der Waals surface area contributed by atoms with Gasteiger partial charge in [-0.25, -0.2) is 0 Å². The Morgan fingerprint density at radius 2 is 2.26 bits per heavy atom. The quantitative estimate of drug-likeness (QED) is 0.813. The molecule has 1 aliphatic carbocycles. The lowest BCUT2D eigenvalue weighted by molar-refractivity contribution is -0.122. The van der Waals surface area contributed by atoms with Crippen molar-refractivity contribution in [2.45, 2.75) is 32.2 Å². The zero-order valence-electron chi connectivity index (χ0n) is 10.8. The van der Waals surface area contributed by atoms with Gasteiger partial charge in [-0.3, -0.25) is 4.79 Å². The molecule has 0 saturated heterocycles. The van der Waals surface area contributed by atoms with E-state index >= 15 is 0 Å². The lowest BCUT2D eigenvalue weighted by Crippen LogP contribution is -2.28. The number of nitrogens with one attached hydrogen (secondary N) is 1. The second-order valence-electron chi connectivity index (χ2n) is 4.92. The molecule has 102 valence electrons. The van der Waals surface area contributed by atoms with Crippen molar-refractivity contribution in [1.29, 1.82) is 0 Å². The average molecular weight is 298 g/mol. The fourth-order valence-electron chi connectivity index (χ4n) is 2.33. The first-order valence-electron chi connectivity index (χ1n) is 6.47. The van der Waals surface area contributed by atoms with Gasteiger partial charge in [0.25, 0.3) is 0 Å². The van der Waals surface area contributed by atoms with Gasteiger partial charge in [0.15, 0.2) is 0 Å². The summed E-state index contributed by atoms with van der Waals surface area (Å²) in [7, 11) is 0. The number of rotatable bonds is 4. The number of carbonyl (C=O) groups excluding carboxylic acids is 1. The average Bonchev–Trinajstić information content (AvgIpc) is 2.81. The first-order chi connectivity index (χ1) is 9.06. The van der Waals surface area contributed by atoms with Crippen LogP contribution >= 0.6 is 23.2 Å². The maximum absolute atomic E-state index is 11.9. The molecule has 1 aromatic rings. The summed E-state index contributed by atoms with van der Waals surface area (Å²) in [5.74, 6) is 0.447. The smallest absolute Gasteiger partial charge is 0.221 e. The minimum absolute atomic E-state index is 0.0649. The summed E-state index contributed by atoms with van der Waals surface area (Å²) in [6, 6.07) is 5.22. The minimum atomic E-state index is -0.109. The summed E-state index contributed by atoms with van der Waals surface area (Å²) in [6.45, 7) is 1.93. The molecule has 2 rings (SSSR count). The number of carbonyl (C=O) groups is 1. The van der Waals surface area contributed by atoms with Gasteiger partial charge in [-0.1, -0.05) is 41.4 Å². The second kappa shape index (κ2) is 6.44. The molecular formula is C15H17Cl2NO. The predicted molar refractivity (Wildman–Crippen MR) is 79.5 cm³/mol. The zero-order chi connectivity index (χ0) is 13.8. The minimum Gasteiger partial charge on any atom is -0.350 e. The highest BCUT2D eigenvalue weighted by Gasteiger charge is 2.17. The van der Waals surface area contributed by atoms with Gasteiger partial charge in [0.2, 0.25) is 5.91 Å². The Hall–Kier alpha value is -0.990. The van der Waals surface area contributed by atoms with Gasteiger partial charge >= 0.3 is 0 Å². The van der Waals surface area contributed by atoms with Crippen molar-refractivity contribution < 1.29 is 4.79 Å². The third-order valence-corrected chi connectivity index (χ3v) is 3.93. The van der Waals surface area contributed by atoms with Crippen molar-refractivity contribution in [3.63, 3.8) is 0 Å². The van der Waals surface area contributed by atoms with E-state index in [9.17, 15) is 4.79 Å². The topological polar surface area (TPSA) is 29.1 Å². The Bertz CT molecular complexity index is 499. The maximum Gasteiger partial charge on any atom is 0.221 e. The molecule has 0 unspecified atom stereocenters. The van der Waals surface area contributed by atoms with Crippen molar-refractivity contribution >= 4 is 29.1 Å². The van der Waals surface area contributed by atoms with Crippen LogP contribution in [0.2, 0.25) is 10.0 Å². The lowest BCUT2D eigenvalue weighted by Gasteiger charge is -2.17. The van der Waals surface area contributed by atoms with Gasteiger partial charge in [0, 0.05) is 16.5 Å². The maximum atomic E-state index is 11.9. The van der Waals surface area contributed by atoms with Gasteiger partial charge in [-0.15, -0.1) is 0 Å². The number of hydrogen-bond donors (Lipinski definition) is 1. The predicted octanol–water partition coefficient (Wildman–Crippen LogP) is 4.53. The zero-order valence-corrected chi connectivity index (χ0v) is 12.3. The summed E-state index contributed by atoms with van der Waals surface area (Å²) in [4.78, 5) is 11.9. The van der Waals surface area contributed by atoms with Crippen LogP contribution < -0.4 is 5.32 Å². The van der Waals surface area contributed by atoms with Crippen molar-refractivity contribution in [3.8, 4) is 0 Å². The van der Waals surface area contributed by atoms with E-state index in [1.54, 1.807) is 12.1 Å². The molecule has 0 aromatic heterocycles. The summed E-state index contributed by atoms with van der Waals surface area (Å²) in [5, 5.41) is 4.17. The normalized spacial score (nSPS) is 19.4. The Kier molecular flexibility index (Phi) is 4.89. The largest absolute Gasteiger partial charge is 0.350 e. The van der Waals surface area contributed by atoms with Gasteiger partial charge in [0.05, 0.1) is 6.04 Å². The van der Waals surface area contributed by atoms with Crippen LogP contribution in [0.4, 0.5) is 0 Å². The highest BCUT2D eigenvalue weighted by molar-refractivity contribution is 6.35. The van der Waals surface area contributed by atoms with Crippen LogP contribution in [0.1, 0.15) is 37.8 Å². The second-order valence-corrected chi connectivity index (χ2v) is 5.77. The van der Waals surface area contributed by atoms with Crippen molar-refractivity contribution in [2.24, 2.45) is 5.92 Å². The molecule has 2 atom stereocenters. The molecule has 0 aliphatic heterocycles. The molecule has 0 spiro atoms. The molecule has 1 amide bonds. The fourth-order valence-corrected chi connectivity index (χ4v) is 2.91. The van der Waals surface area contributed by atoms with Crippen molar-refractivity contribution in [1.82, 2.24) is 5.32 Å². The monoisotopic (exact) mass is 297 g/mol. The Balaban J connectivity index is 1.94. The lowest BCUT2D eigenvalue weighted by atomic mass is 10.0. The van der Waals surface area contributed by atoms with Crippen molar-refractivity contribution in [3.05, 3.63) is 46.0 Å². The summed E-state index contributed by atoms with van der Waals surface area (Å²) in [6.07, 6.45) is 6.96. The van der Waals surface area contributed by atoms with Crippen LogP contribution in [-0.4, -0.2) is 5.91 Å². The van der Waals surface area contributed by atoms with E-state index in [1.165, 1.54) is 0 Å². The Morgan fingerprint density at radius 3 is 2.89 bits per heavy atom. The fraction of sp³-hybridized carbons (Fsp3) is 0.400. The van der Waals surface area contributed by atoms with Crippen LogP contribution in [0.15, 0.2) is 30.4 Å². The number of allylic oxidation sites excluding steroid dienone is 2. The molecule has 0 fully saturated rings. The standard InChI is InChI=1S/C15H17Cl2NO/c1-10(13-7-6-12(16)9-14(13)17)18-15(19)8-11-4-2-3-5-11/h2,4,6-7,9-11H,3,5,8H2,1H3,(H,18,19)/t10-,11+/m0/s1. The third kappa shape index (κ3) is 3.99. The molecule has 1 aliphatic rings. The van der Waals surface area contributed by atoms with E-state index in [2.05, 4.69) is 17.5 Å². The van der Waals surface area contributed by atoms with E-state index < -0.39 is 0 Å². The molecule has 2 nitrogen and oxygen atoms in total. The first kappa shape index (κ1) is 14.4. The van der Waals surface area contributed by atoms with Crippen LogP contribution in [0, 0.1) is 5.92 Å². The Labute approximate surface area is 123 Å². The molecule has 0 bridgehead atoms. The highest BCUT2D eigenvalue weighted by atomic mass is 35.5. The van der Waals surface area contributed by atoms with Crippen LogP contribution in [0.5, 0.6) is 0 Å². The van der Waals surface area contributed by atoms with Crippen LogP contribution in [0.3, 0.4) is 0 Å². The summed E-state index contributed by atoms with van der Waals surface area (Å²) in [5.41, 5.74) is 0.890. The molecule has 19 heavy (non-hydrogen) atoms. The van der Waals surface area contributed by atoms with Gasteiger partial charge in [0.1, 0.15) is 0 Å². The van der Waals surface area contributed by atoms with Crippen LogP contribution in [-0.2, 0) is 4.79 Å². The van der Waals surface area contributed by atoms with Crippen LogP contribution in [0.25, 0.3) is 0 Å².